The SMILES string of the molecule is Cc1cc(C(F)(F)F)c(C#N)c(SCC(=O)Nc2ccc(N3CCOCC3)cc2)n1. The van der Waals surface area contributed by atoms with Crippen LogP contribution in [-0.4, -0.2) is 42.9 Å². The van der Waals surface area contributed by atoms with Gasteiger partial charge in [-0.2, -0.15) is 18.4 Å². The van der Waals surface area contributed by atoms with Gasteiger partial charge in [0.15, 0.2) is 0 Å². The normalized spacial score (nSPS) is 14.3. The van der Waals surface area contributed by atoms with E-state index in [0.717, 1.165) is 36.6 Å². The zero-order valence-corrected chi connectivity index (χ0v) is 16.9. The summed E-state index contributed by atoms with van der Waals surface area (Å²) in [4.78, 5) is 18.4. The number of aromatic nitrogens is 1. The molecule has 0 atom stereocenters. The fraction of sp³-hybridized carbons (Fsp3) is 0.350. The minimum absolute atomic E-state index is 0.109. The van der Waals surface area contributed by atoms with Crippen molar-refractivity contribution in [2.24, 2.45) is 0 Å². The van der Waals surface area contributed by atoms with Gasteiger partial charge in [-0.05, 0) is 37.3 Å². The minimum Gasteiger partial charge on any atom is -0.378 e. The van der Waals surface area contributed by atoms with Crippen molar-refractivity contribution in [2.75, 3.05) is 42.3 Å². The molecule has 0 aliphatic carbocycles. The first-order valence-corrected chi connectivity index (χ1v) is 10.1. The number of thioether (sulfide) groups is 1. The number of aryl methyl sites for hydroxylation is 1. The number of alkyl halides is 3. The zero-order chi connectivity index (χ0) is 21.7. The fourth-order valence-electron chi connectivity index (χ4n) is 2.99. The standard InChI is InChI=1S/C20H19F3N4O2S/c1-13-10-17(20(21,22)23)16(11-24)19(25-13)30-12-18(28)26-14-2-4-15(5-3-14)27-6-8-29-9-7-27/h2-5,10H,6-9,12H2,1H3,(H,26,28). The van der Waals surface area contributed by atoms with E-state index < -0.39 is 23.2 Å². The van der Waals surface area contributed by atoms with Crippen LogP contribution in [0.5, 0.6) is 0 Å². The number of anilines is 2. The Morgan fingerprint density at radius 2 is 1.97 bits per heavy atom. The molecular formula is C20H19F3N4O2S. The lowest BCUT2D eigenvalue weighted by Crippen LogP contribution is -2.36. The molecule has 1 aliphatic rings. The number of benzene rings is 1. The number of halogens is 3. The van der Waals surface area contributed by atoms with Crippen LogP contribution >= 0.6 is 11.8 Å². The maximum Gasteiger partial charge on any atom is 0.417 e. The number of carbonyl (C=O) groups excluding carboxylic acids is 1. The number of morpholine rings is 1. The summed E-state index contributed by atoms with van der Waals surface area (Å²) in [6.07, 6.45) is -4.67. The number of rotatable bonds is 5. The molecule has 1 aromatic heterocycles. The third-order valence-electron chi connectivity index (χ3n) is 4.40. The molecule has 1 aromatic carbocycles. The van der Waals surface area contributed by atoms with Crippen LogP contribution in [0, 0.1) is 18.3 Å². The molecule has 1 N–H and O–H groups in total. The molecule has 0 radical (unpaired) electrons. The van der Waals surface area contributed by atoms with Gasteiger partial charge in [-0.15, -0.1) is 0 Å². The number of amides is 1. The summed E-state index contributed by atoms with van der Waals surface area (Å²) in [5.74, 6) is -0.576. The molecule has 1 saturated heterocycles. The molecule has 0 unspecified atom stereocenters. The molecule has 0 saturated carbocycles. The van der Waals surface area contributed by atoms with Crippen LogP contribution in [-0.2, 0) is 15.7 Å². The van der Waals surface area contributed by atoms with Crippen molar-refractivity contribution in [1.29, 1.82) is 5.26 Å². The van der Waals surface area contributed by atoms with E-state index in [9.17, 15) is 23.2 Å². The first kappa shape index (κ1) is 21.9. The Kier molecular flexibility index (Phi) is 6.84. The highest BCUT2D eigenvalue weighted by Crippen LogP contribution is 2.35. The first-order valence-electron chi connectivity index (χ1n) is 9.12. The molecule has 3 rings (SSSR count). The van der Waals surface area contributed by atoms with Crippen LogP contribution in [0.3, 0.4) is 0 Å². The van der Waals surface area contributed by atoms with Crippen LogP contribution in [0.1, 0.15) is 16.8 Å². The van der Waals surface area contributed by atoms with Gasteiger partial charge in [0.2, 0.25) is 5.91 Å². The summed E-state index contributed by atoms with van der Waals surface area (Å²) in [5, 5.41) is 11.8. The van der Waals surface area contributed by atoms with Gasteiger partial charge in [0, 0.05) is 30.2 Å². The van der Waals surface area contributed by atoms with Crippen molar-refractivity contribution in [3.63, 3.8) is 0 Å². The predicted molar refractivity (Wildman–Crippen MR) is 108 cm³/mol. The second-order valence-corrected chi connectivity index (χ2v) is 7.55. The maximum atomic E-state index is 13.2. The fourth-order valence-corrected chi connectivity index (χ4v) is 3.84. The molecule has 1 amide bonds. The zero-order valence-electron chi connectivity index (χ0n) is 16.1. The molecule has 1 aliphatic heterocycles. The van der Waals surface area contributed by atoms with E-state index in [1.54, 1.807) is 18.2 Å². The molecule has 2 aromatic rings. The van der Waals surface area contributed by atoms with Gasteiger partial charge in [0.1, 0.15) is 11.1 Å². The van der Waals surface area contributed by atoms with Gasteiger partial charge in [0.25, 0.3) is 0 Å². The Labute approximate surface area is 176 Å². The lowest BCUT2D eigenvalue weighted by molar-refractivity contribution is -0.138. The van der Waals surface area contributed by atoms with E-state index >= 15 is 0 Å². The van der Waals surface area contributed by atoms with Crippen molar-refractivity contribution >= 4 is 29.0 Å². The summed E-state index contributed by atoms with van der Waals surface area (Å²) in [7, 11) is 0. The summed E-state index contributed by atoms with van der Waals surface area (Å²) >= 11 is 0.802. The van der Waals surface area contributed by atoms with Crippen molar-refractivity contribution in [1.82, 2.24) is 4.98 Å². The topological polar surface area (TPSA) is 78.2 Å². The highest BCUT2D eigenvalue weighted by atomic mass is 32.2. The van der Waals surface area contributed by atoms with E-state index in [4.69, 9.17) is 4.74 Å². The highest BCUT2D eigenvalue weighted by Gasteiger charge is 2.35. The number of nitrogens with one attached hydrogen (secondary N) is 1. The van der Waals surface area contributed by atoms with Gasteiger partial charge in [-0.25, -0.2) is 4.98 Å². The molecular weight excluding hydrogens is 417 g/mol. The maximum absolute atomic E-state index is 13.2. The lowest BCUT2D eigenvalue weighted by Gasteiger charge is -2.28. The van der Waals surface area contributed by atoms with E-state index in [-0.39, 0.29) is 16.5 Å². The van der Waals surface area contributed by atoms with Gasteiger partial charge >= 0.3 is 6.18 Å². The summed E-state index contributed by atoms with van der Waals surface area (Å²) in [5.41, 5.74) is 0.113. The average Bonchev–Trinajstić information content (AvgIpc) is 2.72. The van der Waals surface area contributed by atoms with E-state index in [0.29, 0.717) is 18.9 Å². The van der Waals surface area contributed by atoms with Crippen LogP contribution in [0.15, 0.2) is 35.4 Å². The quantitative estimate of drug-likeness (QED) is 0.718. The highest BCUT2D eigenvalue weighted by molar-refractivity contribution is 8.00. The second kappa shape index (κ2) is 9.36. The van der Waals surface area contributed by atoms with Gasteiger partial charge in [0.05, 0.1) is 30.1 Å². The number of ether oxygens (including phenoxy) is 1. The molecule has 30 heavy (non-hydrogen) atoms. The number of pyridine rings is 1. The van der Waals surface area contributed by atoms with Crippen molar-refractivity contribution in [3.8, 4) is 6.07 Å². The largest absolute Gasteiger partial charge is 0.417 e. The van der Waals surface area contributed by atoms with Gasteiger partial charge in [-0.1, -0.05) is 11.8 Å². The number of carbonyl (C=O) groups is 1. The Morgan fingerprint density at radius 3 is 2.57 bits per heavy atom. The lowest BCUT2D eigenvalue weighted by atomic mass is 10.1. The Balaban J connectivity index is 1.63. The van der Waals surface area contributed by atoms with Gasteiger partial charge < -0.3 is 15.0 Å². The third-order valence-corrected chi connectivity index (χ3v) is 5.37. The number of hydrogen-bond acceptors (Lipinski definition) is 6. The molecule has 0 spiro atoms. The van der Waals surface area contributed by atoms with E-state index in [1.165, 1.54) is 6.92 Å². The molecule has 158 valence electrons. The van der Waals surface area contributed by atoms with Crippen molar-refractivity contribution in [3.05, 3.63) is 47.2 Å². The first-order chi connectivity index (χ1) is 14.3. The molecule has 1 fully saturated rings. The number of hydrogen-bond donors (Lipinski definition) is 1. The monoisotopic (exact) mass is 436 g/mol. The number of nitriles is 1. The average molecular weight is 436 g/mol. The van der Waals surface area contributed by atoms with Crippen LogP contribution in [0.2, 0.25) is 0 Å². The summed E-state index contributed by atoms with van der Waals surface area (Å²) in [6, 6.07) is 9.70. The Morgan fingerprint density at radius 1 is 1.30 bits per heavy atom. The molecule has 6 nitrogen and oxygen atoms in total. The van der Waals surface area contributed by atoms with Crippen LogP contribution in [0.25, 0.3) is 0 Å². The van der Waals surface area contributed by atoms with Crippen molar-refractivity contribution in [2.45, 2.75) is 18.1 Å². The minimum atomic E-state index is -4.67. The predicted octanol–water partition coefficient (Wildman–Crippen LogP) is 3.85. The second-order valence-electron chi connectivity index (χ2n) is 6.58. The molecule has 10 heteroatoms. The van der Waals surface area contributed by atoms with Crippen LogP contribution in [0.4, 0.5) is 24.5 Å². The number of nitrogens with zero attached hydrogens (tertiary/aromatic N) is 3. The van der Waals surface area contributed by atoms with Crippen molar-refractivity contribution < 1.29 is 22.7 Å². The Hall–Kier alpha value is -2.77. The Bertz CT molecular complexity index is 952. The smallest absolute Gasteiger partial charge is 0.378 e. The summed E-state index contributed by atoms with van der Waals surface area (Å²) < 4.78 is 44.8. The molecule has 2 heterocycles. The van der Waals surface area contributed by atoms with E-state index in [2.05, 4.69) is 15.2 Å². The molecule has 0 bridgehead atoms. The van der Waals surface area contributed by atoms with E-state index in [1.807, 2.05) is 12.1 Å². The third kappa shape index (κ3) is 5.43. The van der Waals surface area contributed by atoms with Crippen LogP contribution < -0.4 is 10.2 Å². The van der Waals surface area contributed by atoms with Gasteiger partial charge in [-0.3, -0.25) is 4.79 Å². The summed E-state index contributed by atoms with van der Waals surface area (Å²) in [6.45, 7) is 4.35.